The predicted octanol–water partition coefficient (Wildman–Crippen LogP) is 3.44. The maximum Gasteiger partial charge on any atom is 0.167 e. The fourth-order valence-electron chi connectivity index (χ4n) is 1.57. The van der Waals surface area contributed by atoms with E-state index in [-0.39, 0.29) is 22.8 Å². The highest BCUT2D eigenvalue weighted by Gasteiger charge is 2.12. The molecular formula is C13H11F3N2O. The average Bonchev–Trinajstić information content (AvgIpc) is 2.38. The Bertz CT molecular complexity index is 617. The minimum Gasteiger partial charge on any atom is -0.494 e. The normalized spacial score (nSPS) is 10.3. The summed E-state index contributed by atoms with van der Waals surface area (Å²) in [7, 11) is 1.23. The molecule has 0 heterocycles. The molecule has 3 nitrogen and oxygen atoms in total. The number of ether oxygens (including phenoxy) is 1. The van der Waals surface area contributed by atoms with E-state index >= 15 is 0 Å². The molecule has 3 N–H and O–H groups in total. The minimum absolute atomic E-state index is 0.156. The van der Waals surface area contributed by atoms with Crippen molar-refractivity contribution in [3.05, 3.63) is 47.8 Å². The quantitative estimate of drug-likeness (QED) is 0.838. The van der Waals surface area contributed by atoms with E-state index in [2.05, 4.69) is 10.1 Å². The molecule has 0 saturated heterocycles. The number of halogens is 3. The van der Waals surface area contributed by atoms with Gasteiger partial charge in [0, 0.05) is 12.1 Å². The van der Waals surface area contributed by atoms with Crippen molar-refractivity contribution in [3.63, 3.8) is 0 Å². The van der Waals surface area contributed by atoms with Gasteiger partial charge in [0.1, 0.15) is 5.82 Å². The van der Waals surface area contributed by atoms with E-state index in [1.54, 1.807) is 0 Å². The van der Waals surface area contributed by atoms with Crippen LogP contribution in [-0.4, -0.2) is 7.11 Å². The Morgan fingerprint density at radius 1 is 1.00 bits per heavy atom. The summed E-state index contributed by atoms with van der Waals surface area (Å²) < 4.78 is 45.0. The van der Waals surface area contributed by atoms with Crippen LogP contribution in [0.3, 0.4) is 0 Å². The highest BCUT2D eigenvalue weighted by Crippen LogP contribution is 2.30. The lowest BCUT2D eigenvalue weighted by Crippen LogP contribution is -2.01. The Labute approximate surface area is 107 Å². The molecule has 2 rings (SSSR count). The molecule has 19 heavy (non-hydrogen) atoms. The second-order valence-electron chi connectivity index (χ2n) is 3.79. The topological polar surface area (TPSA) is 47.3 Å². The van der Waals surface area contributed by atoms with Crippen LogP contribution in [0.25, 0.3) is 0 Å². The molecule has 0 fully saturated rings. The van der Waals surface area contributed by atoms with Crippen LogP contribution in [0.15, 0.2) is 30.3 Å². The Morgan fingerprint density at radius 3 is 2.42 bits per heavy atom. The van der Waals surface area contributed by atoms with E-state index in [1.165, 1.54) is 25.3 Å². The molecule has 0 aliphatic carbocycles. The van der Waals surface area contributed by atoms with E-state index in [1.807, 2.05) is 0 Å². The van der Waals surface area contributed by atoms with Gasteiger partial charge in [-0.25, -0.2) is 13.2 Å². The van der Waals surface area contributed by atoms with Crippen molar-refractivity contribution >= 4 is 17.1 Å². The Balaban J connectivity index is 2.38. The molecule has 6 heteroatoms. The second kappa shape index (κ2) is 5.09. The molecule has 2 aromatic rings. The van der Waals surface area contributed by atoms with Gasteiger partial charge in [0.15, 0.2) is 17.4 Å². The summed E-state index contributed by atoms with van der Waals surface area (Å²) >= 11 is 0. The van der Waals surface area contributed by atoms with Crippen molar-refractivity contribution in [2.24, 2.45) is 0 Å². The summed E-state index contributed by atoms with van der Waals surface area (Å²) in [5.41, 5.74) is 5.33. The first-order valence-corrected chi connectivity index (χ1v) is 5.37. The second-order valence-corrected chi connectivity index (χ2v) is 3.79. The first kappa shape index (κ1) is 13.1. The van der Waals surface area contributed by atoms with Crippen LogP contribution in [0.4, 0.5) is 30.2 Å². The van der Waals surface area contributed by atoms with Gasteiger partial charge in [0.2, 0.25) is 0 Å². The third kappa shape index (κ3) is 2.57. The standard InChI is InChI=1S/C13H11F3N2O/c1-19-12-6-8(15)11(5-9(12)16)18-10-4-2-3-7(14)13(10)17/h2-6,18H,17H2,1H3. The van der Waals surface area contributed by atoms with Crippen molar-refractivity contribution < 1.29 is 17.9 Å². The number of hydrogen-bond donors (Lipinski definition) is 2. The number of benzene rings is 2. The lowest BCUT2D eigenvalue weighted by Gasteiger charge is -2.12. The SMILES string of the molecule is COc1cc(F)c(Nc2cccc(F)c2N)cc1F. The van der Waals surface area contributed by atoms with Gasteiger partial charge in [-0.2, -0.15) is 0 Å². The summed E-state index contributed by atoms with van der Waals surface area (Å²) in [6, 6.07) is 5.85. The van der Waals surface area contributed by atoms with Crippen LogP contribution < -0.4 is 15.8 Å². The summed E-state index contributed by atoms with van der Waals surface area (Å²) in [5, 5.41) is 2.54. The number of nitrogen functional groups attached to an aromatic ring is 1. The lowest BCUT2D eigenvalue weighted by molar-refractivity contribution is 0.383. The van der Waals surface area contributed by atoms with Gasteiger partial charge in [-0.05, 0) is 12.1 Å². The third-order valence-corrected chi connectivity index (χ3v) is 2.56. The summed E-state index contributed by atoms with van der Waals surface area (Å²) in [6.45, 7) is 0. The number of methoxy groups -OCH3 is 1. The molecule has 0 amide bonds. The summed E-state index contributed by atoms with van der Waals surface area (Å²) in [5.74, 6) is -2.32. The van der Waals surface area contributed by atoms with Crippen LogP contribution in [-0.2, 0) is 0 Å². The van der Waals surface area contributed by atoms with Crippen molar-refractivity contribution in [2.75, 3.05) is 18.2 Å². The Hall–Kier alpha value is -2.37. The van der Waals surface area contributed by atoms with E-state index < -0.39 is 17.5 Å². The van der Waals surface area contributed by atoms with Crippen molar-refractivity contribution in [1.82, 2.24) is 0 Å². The van der Waals surface area contributed by atoms with E-state index in [4.69, 9.17) is 5.73 Å². The highest BCUT2D eigenvalue weighted by molar-refractivity contribution is 5.73. The van der Waals surface area contributed by atoms with E-state index in [9.17, 15) is 13.2 Å². The summed E-state index contributed by atoms with van der Waals surface area (Å²) in [6.07, 6.45) is 0. The van der Waals surface area contributed by atoms with E-state index in [0.717, 1.165) is 12.1 Å². The molecule has 0 saturated carbocycles. The molecule has 0 aliphatic rings. The average molecular weight is 268 g/mol. The maximum atomic E-state index is 13.7. The number of anilines is 3. The van der Waals surface area contributed by atoms with Crippen LogP contribution in [0, 0.1) is 17.5 Å². The summed E-state index contributed by atoms with van der Waals surface area (Å²) in [4.78, 5) is 0. The largest absolute Gasteiger partial charge is 0.494 e. The number of nitrogens with one attached hydrogen (secondary N) is 1. The van der Waals surface area contributed by atoms with Gasteiger partial charge in [0.25, 0.3) is 0 Å². The molecule has 0 spiro atoms. The zero-order valence-electron chi connectivity index (χ0n) is 10.0. The number of hydrogen-bond acceptors (Lipinski definition) is 3. The zero-order valence-corrected chi connectivity index (χ0v) is 10.0. The highest BCUT2D eigenvalue weighted by atomic mass is 19.1. The lowest BCUT2D eigenvalue weighted by atomic mass is 10.2. The van der Waals surface area contributed by atoms with Gasteiger partial charge >= 0.3 is 0 Å². The molecule has 2 aromatic carbocycles. The Morgan fingerprint density at radius 2 is 1.74 bits per heavy atom. The fraction of sp³-hybridized carbons (Fsp3) is 0.0769. The van der Waals surface area contributed by atoms with Gasteiger partial charge in [-0.1, -0.05) is 6.07 Å². The smallest absolute Gasteiger partial charge is 0.167 e. The molecule has 0 aromatic heterocycles. The third-order valence-electron chi connectivity index (χ3n) is 2.56. The maximum absolute atomic E-state index is 13.7. The molecular weight excluding hydrogens is 257 g/mol. The van der Waals surface area contributed by atoms with Gasteiger partial charge in [-0.15, -0.1) is 0 Å². The van der Waals surface area contributed by atoms with Crippen LogP contribution in [0.5, 0.6) is 5.75 Å². The molecule has 100 valence electrons. The van der Waals surface area contributed by atoms with Crippen molar-refractivity contribution in [3.8, 4) is 5.75 Å². The first-order chi connectivity index (χ1) is 9.02. The minimum atomic E-state index is -0.735. The van der Waals surface area contributed by atoms with Gasteiger partial charge < -0.3 is 15.8 Å². The predicted molar refractivity (Wildman–Crippen MR) is 67.0 cm³/mol. The van der Waals surface area contributed by atoms with Gasteiger partial charge in [0.05, 0.1) is 24.2 Å². The number of nitrogens with two attached hydrogens (primary N) is 1. The molecule has 0 radical (unpaired) electrons. The Kier molecular flexibility index (Phi) is 3.50. The zero-order chi connectivity index (χ0) is 14.0. The van der Waals surface area contributed by atoms with Crippen molar-refractivity contribution in [2.45, 2.75) is 0 Å². The van der Waals surface area contributed by atoms with E-state index in [0.29, 0.717) is 0 Å². The monoisotopic (exact) mass is 268 g/mol. The fourth-order valence-corrected chi connectivity index (χ4v) is 1.57. The molecule has 0 bridgehead atoms. The van der Waals surface area contributed by atoms with Crippen LogP contribution >= 0.6 is 0 Å². The first-order valence-electron chi connectivity index (χ1n) is 5.37. The van der Waals surface area contributed by atoms with Crippen LogP contribution in [0.2, 0.25) is 0 Å². The molecule has 0 atom stereocenters. The van der Waals surface area contributed by atoms with Crippen LogP contribution in [0.1, 0.15) is 0 Å². The molecule has 0 unspecified atom stereocenters. The van der Waals surface area contributed by atoms with Crippen molar-refractivity contribution in [1.29, 1.82) is 0 Å². The number of rotatable bonds is 3. The van der Waals surface area contributed by atoms with Gasteiger partial charge in [-0.3, -0.25) is 0 Å². The molecule has 0 aliphatic heterocycles. The number of para-hydroxylation sites is 1.